The van der Waals surface area contributed by atoms with Gasteiger partial charge in [-0.25, -0.2) is 4.98 Å². The van der Waals surface area contributed by atoms with Gasteiger partial charge in [0.1, 0.15) is 5.75 Å². The first-order valence-corrected chi connectivity index (χ1v) is 11.4. The molecular formula is C25H23ClN2O2S. The van der Waals surface area contributed by atoms with E-state index in [1.54, 1.807) is 25.4 Å². The molecule has 0 unspecified atom stereocenters. The molecule has 0 aliphatic rings. The second kappa shape index (κ2) is 9.50. The molecule has 4 nitrogen and oxygen atoms in total. The first-order chi connectivity index (χ1) is 15.0. The molecule has 0 saturated carbocycles. The van der Waals surface area contributed by atoms with Crippen molar-refractivity contribution in [2.24, 2.45) is 0 Å². The minimum absolute atomic E-state index is 0.0417. The van der Waals surface area contributed by atoms with Crippen molar-refractivity contribution in [1.29, 1.82) is 0 Å². The Morgan fingerprint density at radius 2 is 1.94 bits per heavy atom. The average Bonchev–Trinajstić information content (AvgIpc) is 3.31. The Morgan fingerprint density at radius 1 is 1.13 bits per heavy atom. The van der Waals surface area contributed by atoms with Crippen LogP contribution in [0.3, 0.4) is 0 Å². The number of hydrogen-bond donors (Lipinski definition) is 0. The molecule has 2 aromatic heterocycles. The van der Waals surface area contributed by atoms with E-state index in [0.29, 0.717) is 18.1 Å². The quantitative estimate of drug-likeness (QED) is 0.336. The van der Waals surface area contributed by atoms with E-state index in [1.807, 2.05) is 52.7 Å². The summed E-state index contributed by atoms with van der Waals surface area (Å²) in [4.78, 5) is 19.3. The summed E-state index contributed by atoms with van der Waals surface area (Å²) in [6, 6.07) is 17.8. The van der Waals surface area contributed by atoms with Gasteiger partial charge in [0, 0.05) is 47.4 Å². The average molecular weight is 451 g/mol. The number of hydrogen-bond acceptors (Lipinski definition) is 4. The van der Waals surface area contributed by atoms with E-state index >= 15 is 0 Å². The molecule has 0 saturated heterocycles. The van der Waals surface area contributed by atoms with E-state index in [4.69, 9.17) is 21.3 Å². The van der Waals surface area contributed by atoms with Crippen molar-refractivity contribution in [1.82, 2.24) is 9.88 Å². The van der Waals surface area contributed by atoms with Gasteiger partial charge in [0.2, 0.25) is 5.91 Å². The van der Waals surface area contributed by atoms with Crippen LogP contribution in [0.5, 0.6) is 5.75 Å². The molecule has 4 rings (SSSR count). The summed E-state index contributed by atoms with van der Waals surface area (Å²) in [7, 11) is 1.65. The molecule has 0 aliphatic heterocycles. The molecule has 0 radical (unpaired) electrons. The number of carbonyl (C=O) groups excluding carboxylic acids is 1. The number of thiophene rings is 1. The fraction of sp³-hybridized carbons (Fsp3) is 0.200. The van der Waals surface area contributed by atoms with Gasteiger partial charge in [-0.2, -0.15) is 11.3 Å². The van der Waals surface area contributed by atoms with Crippen LogP contribution in [0.4, 0.5) is 0 Å². The van der Waals surface area contributed by atoms with Gasteiger partial charge in [-0.1, -0.05) is 23.7 Å². The molecule has 0 fully saturated rings. The third-order valence-corrected chi connectivity index (χ3v) is 6.22. The van der Waals surface area contributed by atoms with Crippen LogP contribution in [-0.2, 0) is 17.8 Å². The fourth-order valence-electron chi connectivity index (χ4n) is 3.56. The monoisotopic (exact) mass is 450 g/mol. The summed E-state index contributed by atoms with van der Waals surface area (Å²) < 4.78 is 5.36. The normalized spacial score (nSPS) is 10.9. The maximum atomic E-state index is 12.4. The first-order valence-electron chi connectivity index (χ1n) is 10.0. The highest BCUT2D eigenvalue weighted by molar-refractivity contribution is 7.08. The number of pyridine rings is 1. The van der Waals surface area contributed by atoms with Crippen LogP contribution in [-0.4, -0.2) is 29.4 Å². The highest BCUT2D eigenvalue weighted by Crippen LogP contribution is 2.30. The largest absolute Gasteiger partial charge is 0.497 e. The van der Waals surface area contributed by atoms with Crippen LogP contribution in [0.2, 0.25) is 5.02 Å². The molecule has 0 N–H and O–H groups in total. The van der Waals surface area contributed by atoms with Gasteiger partial charge in [0.05, 0.1) is 18.3 Å². The third kappa shape index (κ3) is 5.06. The smallest absolute Gasteiger partial charge is 0.219 e. The molecule has 0 aliphatic carbocycles. The highest BCUT2D eigenvalue weighted by Gasteiger charge is 2.16. The van der Waals surface area contributed by atoms with E-state index in [0.717, 1.165) is 45.5 Å². The Balaban J connectivity index is 1.66. The second-order valence-corrected chi connectivity index (χ2v) is 8.60. The Hall–Kier alpha value is -2.89. The maximum Gasteiger partial charge on any atom is 0.219 e. The van der Waals surface area contributed by atoms with Crippen LogP contribution in [0.1, 0.15) is 18.1 Å². The van der Waals surface area contributed by atoms with Gasteiger partial charge < -0.3 is 9.64 Å². The maximum absolute atomic E-state index is 12.4. The molecule has 0 spiro atoms. The van der Waals surface area contributed by atoms with Crippen molar-refractivity contribution in [3.8, 4) is 17.0 Å². The molecule has 6 heteroatoms. The lowest BCUT2D eigenvalue weighted by Gasteiger charge is -2.23. The van der Waals surface area contributed by atoms with Gasteiger partial charge >= 0.3 is 0 Å². The van der Waals surface area contributed by atoms with Gasteiger partial charge in [-0.05, 0) is 59.3 Å². The SMILES string of the molecule is COc1ccc2cc(CN(CCc3ccc(Cl)cc3)C(C)=O)c(-c3ccsc3)nc2c1. The zero-order valence-corrected chi connectivity index (χ0v) is 19.0. The zero-order chi connectivity index (χ0) is 21.8. The lowest BCUT2D eigenvalue weighted by Crippen LogP contribution is -2.30. The standard InChI is InChI=1S/C25H23ClN2O2S/c1-17(29)28(11-9-18-3-6-22(26)7-4-18)15-21-13-19-5-8-23(30-2)14-24(19)27-25(21)20-10-12-31-16-20/h3-8,10,12-14,16H,9,11,15H2,1-2H3. The fourth-order valence-corrected chi connectivity index (χ4v) is 4.32. The predicted octanol–water partition coefficient (Wildman–Crippen LogP) is 6.22. The van der Waals surface area contributed by atoms with Crippen molar-refractivity contribution < 1.29 is 9.53 Å². The zero-order valence-electron chi connectivity index (χ0n) is 17.5. The summed E-state index contributed by atoms with van der Waals surface area (Å²) in [5, 5.41) is 5.87. The summed E-state index contributed by atoms with van der Waals surface area (Å²) >= 11 is 7.62. The topological polar surface area (TPSA) is 42.4 Å². The minimum atomic E-state index is 0.0417. The second-order valence-electron chi connectivity index (χ2n) is 7.38. The lowest BCUT2D eigenvalue weighted by molar-refractivity contribution is -0.129. The summed E-state index contributed by atoms with van der Waals surface area (Å²) in [5.74, 6) is 0.817. The van der Waals surface area contributed by atoms with Gasteiger partial charge in [-0.3, -0.25) is 4.79 Å². The number of benzene rings is 2. The predicted molar refractivity (Wildman–Crippen MR) is 128 cm³/mol. The van der Waals surface area contributed by atoms with Crippen molar-refractivity contribution >= 4 is 39.7 Å². The van der Waals surface area contributed by atoms with E-state index in [9.17, 15) is 4.79 Å². The lowest BCUT2D eigenvalue weighted by atomic mass is 10.0. The number of fused-ring (bicyclic) bond motifs is 1. The molecule has 2 heterocycles. The van der Waals surface area contributed by atoms with E-state index in [-0.39, 0.29) is 5.91 Å². The third-order valence-electron chi connectivity index (χ3n) is 5.29. The first kappa shape index (κ1) is 21.3. The van der Waals surface area contributed by atoms with Crippen LogP contribution in [0.25, 0.3) is 22.2 Å². The number of methoxy groups -OCH3 is 1. The number of aromatic nitrogens is 1. The van der Waals surface area contributed by atoms with Crippen LogP contribution in [0, 0.1) is 0 Å². The summed E-state index contributed by atoms with van der Waals surface area (Å²) in [6.07, 6.45) is 0.767. The summed E-state index contributed by atoms with van der Waals surface area (Å²) in [6.45, 7) is 2.75. The van der Waals surface area contributed by atoms with E-state index in [2.05, 4.69) is 17.5 Å². The van der Waals surface area contributed by atoms with Crippen LogP contribution < -0.4 is 4.74 Å². The van der Waals surface area contributed by atoms with Crippen molar-refractivity contribution in [2.45, 2.75) is 19.9 Å². The van der Waals surface area contributed by atoms with Gasteiger partial charge in [0.15, 0.2) is 0 Å². The Labute approximate surface area is 191 Å². The van der Waals surface area contributed by atoms with Crippen molar-refractivity contribution in [3.63, 3.8) is 0 Å². The molecule has 2 aromatic carbocycles. The molecule has 158 valence electrons. The number of ether oxygens (including phenoxy) is 1. The number of amides is 1. The number of carbonyl (C=O) groups is 1. The molecule has 0 bridgehead atoms. The molecule has 0 atom stereocenters. The van der Waals surface area contributed by atoms with Crippen LogP contribution in [0.15, 0.2) is 65.4 Å². The molecular weight excluding hydrogens is 428 g/mol. The Morgan fingerprint density at radius 3 is 2.61 bits per heavy atom. The van der Waals surface area contributed by atoms with Crippen LogP contribution >= 0.6 is 22.9 Å². The number of nitrogens with zero attached hydrogens (tertiary/aromatic N) is 2. The molecule has 4 aromatic rings. The summed E-state index contributed by atoms with van der Waals surface area (Å²) in [5.41, 5.74) is 5.02. The Kier molecular flexibility index (Phi) is 6.54. The van der Waals surface area contributed by atoms with Gasteiger partial charge in [-0.15, -0.1) is 0 Å². The number of halogens is 1. The Bertz CT molecular complexity index is 1190. The minimum Gasteiger partial charge on any atom is -0.497 e. The van der Waals surface area contributed by atoms with Crippen molar-refractivity contribution in [3.05, 3.63) is 81.5 Å². The van der Waals surface area contributed by atoms with E-state index in [1.165, 1.54) is 0 Å². The molecule has 31 heavy (non-hydrogen) atoms. The van der Waals surface area contributed by atoms with E-state index < -0.39 is 0 Å². The molecule has 1 amide bonds. The van der Waals surface area contributed by atoms with Gasteiger partial charge in [0.25, 0.3) is 0 Å². The highest BCUT2D eigenvalue weighted by atomic mass is 35.5. The number of rotatable bonds is 7. The van der Waals surface area contributed by atoms with Crippen molar-refractivity contribution in [2.75, 3.05) is 13.7 Å².